The van der Waals surface area contributed by atoms with Crippen LogP contribution in [0.3, 0.4) is 0 Å². The van der Waals surface area contributed by atoms with Crippen LogP contribution in [0.2, 0.25) is 5.15 Å². The maximum absolute atomic E-state index is 12.5. The van der Waals surface area contributed by atoms with E-state index in [9.17, 15) is 9.59 Å². The summed E-state index contributed by atoms with van der Waals surface area (Å²) < 4.78 is 5.57. The van der Waals surface area contributed by atoms with Crippen molar-refractivity contribution in [2.75, 3.05) is 25.1 Å². The van der Waals surface area contributed by atoms with Gasteiger partial charge in [-0.15, -0.1) is 0 Å². The number of rotatable bonds is 6. The summed E-state index contributed by atoms with van der Waals surface area (Å²) in [6.07, 6.45) is 2.38. The highest BCUT2D eigenvalue weighted by atomic mass is 35.5. The van der Waals surface area contributed by atoms with E-state index in [0.29, 0.717) is 36.9 Å². The van der Waals surface area contributed by atoms with Gasteiger partial charge >= 0.3 is 5.97 Å². The van der Waals surface area contributed by atoms with Crippen LogP contribution >= 0.6 is 11.6 Å². The first-order chi connectivity index (χ1) is 13.4. The van der Waals surface area contributed by atoms with Crippen molar-refractivity contribution < 1.29 is 19.4 Å². The summed E-state index contributed by atoms with van der Waals surface area (Å²) in [5, 5.41) is 12.2. The van der Waals surface area contributed by atoms with E-state index in [1.54, 1.807) is 13.2 Å². The van der Waals surface area contributed by atoms with E-state index in [4.69, 9.17) is 21.4 Å². The van der Waals surface area contributed by atoms with Gasteiger partial charge in [-0.1, -0.05) is 18.5 Å². The van der Waals surface area contributed by atoms with Gasteiger partial charge in [0, 0.05) is 26.4 Å². The summed E-state index contributed by atoms with van der Waals surface area (Å²) >= 11 is 6.01. The number of amides is 1. The molecule has 1 fully saturated rings. The number of carboxylic acids is 1. The number of piperidine rings is 1. The number of aromatic nitrogens is 3. The van der Waals surface area contributed by atoms with Gasteiger partial charge in [0.05, 0.1) is 23.4 Å². The third kappa shape index (κ3) is 4.26. The van der Waals surface area contributed by atoms with Crippen molar-refractivity contribution in [1.82, 2.24) is 20.3 Å². The predicted octanol–water partition coefficient (Wildman–Crippen LogP) is 1.74. The molecule has 2 aromatic heterocycles. The summed E-state index contributed by atoms with van der Waals surface area (Å²) in [5.74, 6) is -0.488. The number of ether oxygens (including phenoxy) is 1. The summed E-state index contributed by atoms with van der Waals surface area (Å²) in [4.78, 5) is 36.7. The largest absolute Gasteiger partial charge is 0.478 e. The zero-order chi connectivity index (χ0) is 20.3. The van der Waals surface area contributed by atoms with E-state index in [1.807, 2.05) is 11.8 Å². The third-order valence-corrected chi connectivity index (χ3v) is 5.11. The highest BCUT2D eigenvalue weighted by molar-refractivity contribution is 6.30. The molecule has 1 amide bonds. The van der Waals surface area contributed by atoms with Crippen LogP contribution in [-0.2, 0) is 11.2 Å². The van der Waals surface area contributed by atoms with Gasteiger partial charge in [-0.2, -0.15) is 0 Å². The lowest BCUT2D eigenvalue weighted by molar-refractivity contribution is 0.0537. The lowest BCUT2D eigenvalue weighted by Crippen LogP contribution is -2.55. The van der Waals surface area contributed by atoms with Crippen LogP contribution < -0.4 is 10.2 Å². The average Bonchev–Trinajstić information content (AvgIpc) is 3.09. The molecular weight excluding hydrogens is 386 g/mol. The molecule has 3 N–H and O–H groups in total. The number of methoxy groups -OCH3 is 1. The van der Waals surface area contributed by atoms with E-state index < -0.39 is 5.97 Å². The number of aromatic amines is 1. The van der Waals surface area contributed by atoms with Gasteiger partial charge in [0.1, 0.15) is 5.82 Å². The summed E-state index contributed by atoms with van der Waals surface area (Å²) in [7, 11) is 1.59. The van der Waals surface area contributed by atoms with Crippen LogP contribution in [0.1, 0.15) is 40.0 Å². The topological polar surface area (TPSA) is 120 Å². The second kappa shape index (κ2) is 8.57. The second-order valence-electron chi connectivity index (χ2n) is 6.51. The molecule has 1 aliphatic heterocycles. The zero-order valence-electron chi connectivity index (χ0n) is 15.6. The zero-order valence-corrected chi connectivity index (χ0v) is 16.4. The first kappa shape index (κ1) is 20.1. The van der Waals surface area contributed by atoms with Crippen molar-refractivity contribution >= 4 is 29.3 Å². The Morgan fingerprint density at radius 1 is 1.46 bits per heavy atom. The number of carbonyl (C=O) groups excluding carboxylic acids is 1. The van der Waals surface area contributed by atoms with E-state index in [2.05, 4.69) is 20.3 Å². The highest BCUT2D eigenvalue weighted by Crippen LogP contribution is 2.21. The van der Waals surface area contributed by atoms with Crippen LogP contribution in [0.25, 0.3) is 0 Å². The van der Waals surface area contributed by atoms with Crippen molar-refractivity contribution in [2.45, 2.75) is 31.9 Å². The van der Waals surface area contributed by atoms with Crippen molar-refractivity contribution in [3.8, 4) is 0 Å². The van der Waals surface area contributed by atoms with Crippen LogP contribution in [0.4, 0.5) is 5.82 Å². The Morgan fingerprint density at radius 3 is 2.82 bits per heavy atom. The van der Waals surface area contributed by atoms with Gasteiger partial charge in [-0.25, -0.2) is 14.8 Å². The molecule has 10 heteroatoms. The maximum atomic E-state index is 12.5. The SMILES string of the molecule is CCc1[nH]c(C(=O)N[C@@H]2CCN(c3ccc(C(=O)O)cn3)C[C@@H]2OC)nc1Cl. The molecule has 1 aliphatic rings. The van der Waals surface area contributed by atoms with Crippen LogP contribution in [0, 0.1) is 0 Å². The van der Waals surface area contributed by atoms with Gasteiger partial charge in [0.15, 0.2) is 11.0 Å². The molecule has 0 radical (unpaired) electrons. The van der Waals surface area contributed by atoms with Crippen LogP contribution in [-0.4, -0.2) is 64.3 Å². The molecular formula is C18H22ClN5O4. The molecule has 150 valence electrons. The van der Waals surface area contributed by atoms with E-state index >= 15 is 0 Å². The number of carbonyl (C=O) groups is 2. The normalized spacial score (nSPS) is 19.5. The number of hydrogen-bond acceptors (Lipinski definition) is 6. The molecule has 28 heavy (non-hydrogen) atoms. The van der Waals surface area contributed by atoms with Gasteiger partial charge in [0.25, 0.3) is 5.91 Å². The number of aryl methyl sites for hydroxylation is 1. The first-order valence-corrected chi connectivity index (χ1v) is 9.33. The van der Waals surface area contributed by atoms with E-state index in [0.717, 1.165) is 5.69 Å². The number of hydrogen-bond donors (Lipinski definition) is 3. The standard InChI is InChI=1S/C18H22ClN5O4/c1-3-11-15(19)23-16(21-11)17(25)22-12-6-7-24(9-13(12)28-2)14-5-4-10(8-20-14)18(26)27/h4-5,8,12-13H,3,6-7,9H2,1-2H3,(H,21,23)(H,22,25)(H,26,27)/t12-,13+/m1/s1. The Hall–Kier alpha value is -2.65. The number of nitrogens with one attached hydrogen (secondary N) is 2. The Bertz CT molecular complexity index is 854. The molecule has 3 rings (SSSR count). The fraction of sp³-hybridized carbons (Fsp3) is 0.444. The van der Waals surface area contributed by atoms with Crippen LogP contribution in [0.15, 0.2) is 18.3 Å². The van der Waals surface area contributed by atoms with E-state index in [-0.39, 0.29) is 29.4 Å². The number of nitrogens with zero attached hydrogens (tertiary/aromatic N) is 3. The fourth-order valence-corrected chi connectivity index (χ4v) is 3.46. The molecule has 3 heterocycles. The van der Waals surface area contributed by atoms with Gasteiger partial charge < -0.3 is 25.0 Å². The van der Waals surface area contributed by atoms with Crippen molar-refractivity contribution in [3.63, 3.8) is 0 Å². The minimum absolute atomic E-state index is 0.137. The van der Waals surface area contributed by atoms with E-state index in [1.165, 1.54) is 12.3 Å². The first-order valence-electron chi connectivity index (χ1n) is 8.95. The Labute approximate surface area is 167 Å². The molecule has 0 aromatic carbocycles. The maximum Gasteiger partial charge on any atom is 0.337 e. The highest BCUT2D eigenvalue weighted by Gasteiger charge is 2.32. The molecule has 2 aromatic rings. The average molecular weight is 408 g/mol. The third-order valence-electron chi connectivity index (χ3n) is 4.79. The second-order valence-corrected chi connectivity index (χ2v) is 6.87. The number of anilines is 1. The molecule has 0 aliphatic carbocycles. The van der Waals surface area contributed by atoms with Gasteiger partial charge in [0.2, 0.25) is 0 Å². The molecule has 0 bridgehead atoms. The molecule has 0 spiro atoms. The van der Waals surface area contributed by atoms with Gasteiger partial charge in [-0.05, 0) is 25.0 Å². The summed E-state index contributed by atoms with van der Waals surface area (Å²) in [6, 6.07) is 3.00. The van der Waals surface area contributed by atoms with Gasteiger partial charge in [-0.3, -0.25) is 4.79 Å². The van der Waals surface area contributed by atoms with Crippen molar-refractivity contribution in [3.05, 3.63) is 40.6 Å². The molecule has 0 unspecified atom stereocenters. The number of aromatic carboxylic acids is 1. The lowest BCUT2D eigenvalue weighted by Gasteiger charge is -2.38. The van der Waals surface area contributed by atoms with Crippen molar-refractivity contribution in [1.29, 1.82) is 0 Å². The number of pyridine rings is 1. The minimum Gasteiger partial charge on any atom is -0.478 e. The number of imidazole rings is 1. The summed E-state index contributed by atoms with van der Waals surface area (Å²) in [5.41, 5.74) is 0.860. The molecule has 0 saturated carbocycles. The quantitative estimate of drug-likeness (QED) is 0.666. The Balaban J connectivity index is 1.65. The monoisotopic (exact) mass is 407 g/mol. The Kier molecular flexibility index (Phi) is 6.15. The number of H-pyrrole nitrogens is 1. The number of carboxylic acid groups (broad SMARTS) is 1. The molecule has 1 saturated heterocycles. The summed E-state index contributed by atoms with van der Waals surface area (Å²) in [6.45, 7) is 3.08. The smallest absolute Gasteiger partial charge is 0.337 e. The van der Waals surface area contributed by atoms with Crippen LogP contribution in [0.5, 0.6) is 0 Å². The van der Waals surface area contributed by atoms with Crippen molar-refractivity contribution in [2.24, 2.45) is 0 Å². The fourth-order valence-electron chi connectivity index (χ4n) is 3.19. The minimum atomic E-state index is -1.01. The number of halogens is 1. The Morgan fingerprint density at radius 2 is 2.25 bits per heavy atom. The molecule has 9 nitrogen and oxygen atoms in total. The predicted molar refractivity (Wildman–Crippen MR) is 103 cm³/mol. The molecule has 2 atom stereocenters. The lowest BCUT2D eigenvalue weighted by atomic mass is 10.0.